The molecule has 0 saturated heterocycles. The quantitative estimate of drug-likeness (QED) is 0.786. The van der Waals surface area contributed by atoms with E-state index in [0.29, 0.717) is 5.02 Å². The van der Waals surface area contributed by atoms with Crippen molar-refractivity contribution in [2.75, 3.05) is 6.26 Å². The maximum Gasteiger partial charge on any atom is 0.347 e. The van der Waals surface area contributed by atoms with Gasteiger partial charge in [0.25, 0.3) is 0 Å². The number of halogens is 3. The Balaban J connectivity index is 3.51. The van der Waals surface area contributed by atoms with Gasteiger partial charge in [-0.3, -0.25) is 0 Å². The maximum absolute atomic E-state index is 12.0. The van der Waals surface area contributed by atoms with Gasteiger partial charge in [0.05, 0.1) is 19.6 Å². The molecule has 0 aliphatic heterocycles. The molecule has 0 N–H and O–H groups in total. The lowest BCUT2D eigenvalue weighted by molar-refractivity contribution is 0.611. The number of hydrogen-bond donors (Lipinski definition) is 0. The normalized spacial score (nSPS) is 15.5. The van der Waals surface area contributed by atoms with Crippen molar-refractivity contribution in [2.45, 2.75) is 4.90 Å². The highest BCUT2D eigenvalue weighted by atomic mass is 35.7. The first kappa shape index (κ1) is 14.1. The monoisotopic (exact) mass is 321 g/mol. The van der Waals surface area contributed by atoms with E-state index in [2.05, 4.69) is 3.77 Å². The summed E-state index contributed by atoms with van der Waals surface area (Å²) < 4.78 is 36.5. The van der Waals surface area contributed by atoms with Crippen LogP contribution in [0.3, 0.4) is 0 Å². The van der Waals surface area contributed by atoms with Crippen molar-refractivity contribution < 1.29 is 12.6 Å². The van der Waals surface area contributed by atoms with Crippen molar-refractivity contribution in [3.05, 3.63) is 28.2 Å². The molecule has 0 unspecified atom stereocenters. The minimum Gasteiger partial charge on any atom is -0.244 e. The van der Waals surface area contributed by atoms with Crippen LogP contribution in [0, 0.1) is 0 Å². The van der Waals surface area contributed by atoms with E-state index in [9.17, 15) is 12.6 Å². The van der Waals surface area contributed by atoms with E-state index >= 15 is 0 Å². The Morgan fingerprint density at radius 2 is 1.75 bits per heavy atom. The van der Waals surface area contributed by atoms with Crippen LogP contribution in [0.25, 0.3) is 0 Å². The topological polar surface area (TPSA) is 63.6 Å². The Morgan fingerprint density at radius 3 is 2.19 bits per heavy atom. The van der Waals surface area contributed by atoms with Crippen LogP contribution in [0.5, 0.6) is 0 Å². The summed E-state index contributed by atoms with van der Waals surface area (Å²) in [6, 6.07) is 4.12. The summed E-state index contributed by atoms with van der Waals surface area (Å²) in [4.78, 5) is 0.0720. The van der Waals surface area contributed by atoms with Crippen LogP contribution in [0.4, 0.5) is 0 Å². The fourth-order valence-electron chi connectivity index (χ4n) is 0.992. The molecule has 0 fully saturated rings. The summed E-state index contributed by atoms with van der Waals surface area (Å²) in [7, 11) is -2.52. The van der Waals surface area contributed by atoms with Crippen molar-refractivity contribution in [3.8, 4) is 0 Å². The molecule has 0 bridgehead atoms. The second kappa shape index (κ2) is 4.70. The van der Waals surface area contributed by atoms with Crippen molar-refractivity contribution in [3.63, 3.8) is 0 Å². The summed E-state index contributed by atoms with van der Waals surface area (Å²) in [6.45, 7) is 0. The lowest BCUT2D eigenvalue weighted by Crippen LogP contribution is -2.01. The average molecular weight is 323 g/mol. The fourth-order valence-corrected chi connectivity index (χ4v) is 5.22. The van der Waals surface area contributed by atoms with Gasteiger partial charge in [-0.05, 0) is 18.2 Å². The molecule has 1 rings (SSSR count). The molecule has 1 aromatic rings. The zero-order valence-electron chi connectivity index (χ0n) is 7.85. The van der Waals surface area contributed by atoms with Gasteiger partial charge >= 0.3 is 9.24 Å². The van der Waals surface area contributed by atoms with Crippen LogP contribution in [-0.4, -0.2) is 18.9 Å². The largest absolute Gasteiger partial charge is 0.347 e. The van der Waals surface area contributed by atoms with Crippen molar-refractivity contribution in [2.24, 2.45) is 3.77 Å². The summed E-state index contributed by atoms with van der Waals surface area (Å²) in [5, 5.41) is 0.418. The minimum absolute atomic E-state index is 0.0720. The lowest BCUT2D eigenvalue weighted by atomic mass is 10.4. The van der Waals surface area contributed by atoms with Gasteiger partial charge in [0.1, 0.15) is 0 Å². The summed E-state index contributed by atoms with van der Waals surface area (Å²) in [5.41, 5.74) is 0. The predicted molar refractivity (Wildman–Crippen MR) is 66.0 cm³/mol. The number of nitrogens with zero attached hydrogens (tertiary/aromatic N) is 1. The van der Waals surface area contributed by atoms with Crippen LogP contribution in [0.15, 0.2) is 26.9 Å². The maximum atomic E-state index is 12.0. The van der Waals surface area contributed by atoms with Crippen molar-refractivity contribution in [1.29, 1.82) is 0 Å². The van der Waals surface area contributed by atoms with Crippen molar-refractivity contribution in [1.82, 2.24) is 0 Å². The Labute approximate surface area is 108 Å². The highest BCUT2D eigenvalue weighted by Crippen LogP contribution is 2.26. The van der Waals surface area contributed by atoms with E-state index in [1.165, 1.54) is 18.2 Å². The first-order valence-electron chi connectivity index (χ1n) is 3.75. The first-order valence-corrected chi connectivity index (χ1v) is 8.69. The van der Waals surface area contributed by atoms with E-state index in [4.69, 9.17) is 33.9 Å². The van der Waals surface area contributed by atoms with Gasteiger partial charge < -0.3 is 0 Å². The van der Waals surface area contributed by atoms with E-state index in [0.717, 1.165) is 6.26 Å². The molecule has 16 heavy (non-hydrogen) atoms. The third-order valence-electron chi connectivity index (χ3n) is 1.53. The molecular weight excluding hydrogens is 317 g/mol. The van der Waals surface area contributed by atoms with E-state index < -0.39 is 19.0 Å². The molecule has 0 saturated carbocycles. The second-order valence-corrected chi connectivity index (χ2v) is 8.34. The second-order valence-electron chi connectivity index (χ2n) is 2.86. The molecule has 4 nitrogen and oxygen atoms in total. The molecule has 0 aromatic heterocycles. The molecule has 0 spiro atoms. The molecule has 90 valence electrons. The Bertz CT molecular complexity index is 632. The number of rotatable bonds is 2. The van der Waals surface area contributed by atoms with Gasteiger partial charge in [0, 0.05) is 22.0 Å². The van der Waals surface area contributed by atoms with E-state index in [-0.39, 0.29) is 9.92 Å². The minimum atomic E-state index is -4.23. The van der Waals surface area contributed by atoms with Crippen molar-refractivity contribution >= 4 is 52.9 Å². The zero-order chi connectivity index (χ0) is 12.6. The summed E-state index contributed by atoms with van der Waals surface area (Å²) in [6.07, 6.45) is 1.13. The van der Waals surface area contributed by atoms with Gasteiger partial charge in [-0.2, -0.15) is 8.42 Å². The highest BCUT2D eigenvalue weighted by molar-refractivity contribution is 8.17. The van der Waals surface area contributed by atoms with E-state index in [1.54, 1.807) is 0 Å². The first-order chi connectivity index (χ1) is 7.12. The zero-order valence-corrected chi connectivity index (χ0v) is 11.8. The standard InChI is InChI=1S/C7H6Cl3NO3S2/c1-15(12,11-16(10,13)14)7-3-2-5(8)4-6(7)9/h2-4H,1H3/t15-/m0/s1. The van der Waals surface area contributed by atoms with Gasteiger partial charge in [-0.1, -0.05) is 27.0 Å². The molecule has 9 heteroatoms. The molecule has 0 aliphatic rings. The fraction of sp³-hybridized carbons (Fsp3) is 0.143. The van der Waals surface area contributed by atoms with Crippen LogP contribution < -0.4 is 0 Å². The highest BCUT2D eigenvalue weighted by Gasteiger charge is 2.15. The smallest absolute Gasteiger partial charge is 0.244 e. The van der Waals surface area contributed by atoms with Gasteiger partial charge in [-0.25, -0.2) is 4.21 Å². The molecule has 0 radical (unpaired) electrons. The SMILES string of the molecule is C[S@@](=O)(=NS(=O)(=O)Cl)c1ccc(Cl)cc1Cl. The van der Waals surface area contributed by atoms with Crippen LogP contribution in [-0.2, 0) is 19.0 Å². The van der Waals surface area contributed by atoms with Gasteiger partial charge in [0.15, 0.2) is 0 Å². The summed E-state index contributed by atoms with van der Waals surface area (Å²) in [5.74, 6) is 0. The molecule has 0 heterocycles. The van der Waals surface area contributed by atoms with Crippen LogP contribution >= 0.6 is 33.9 Å². The number of hydrogen-bond acceptors (Lipinski definition) is 3. The molecular formula is C7H6Cl3NO3S2. The third kappa shape index (κ3) is 3.78. The van der Waals surface area contributed by atoms with Gasteiger partial charge in [0.2, 0.25) is 0 Å². The molecule has 1 atom stereocenters. The van der Waals surface area contributed by atoms with E-state index in [1.807, 2.05) is 0 Å². The van der Waals surface area contributed by atoms with Gasteiger partial charge in [-0.15, -0.1) is 0 Å². The molecule has 1 aromatic carbocycles. The Morgan fingerprint density at radius 1 is 1.19 bits per heavy atom. The molecule has 0 amide bonds. The average Bonchev–Trinajstić information content (AvgIpc) is 1.97. The Kier molecular flexibility index (Phi) is 4.13. The van der Waals surface area contributed by atoms with Crippen LogP contribution in [0.1, 0.15) is 0 Å². The van der Waals surface area contributed by atoms with Crippen LogP contribution in [0.2, 0.25) is 10.0 Å². The summed E-state index contributed by atoms with van der Waals surface area (Å²) >= 11 is 11.4. The third-order valence-corrected chi connectivity index (χ3v) is 5.72. The molecule has 0 aliphatic carbocycles. The predicted octanol–water partition coefficient (Wildman–Crippen LogP) is 2.93. The number of benzene rings is 1. The Hall–Kier alpha value is -0.0100. The lowest BCUT2D eigenvalue weighted by Gasteiger charge is -2.05.